The Balaban J connectivity index is 0.000000255. The average Bonchev–Trinajstić information content (AvgIpc) is 2.71. The molecule has 5 heteroatoms. The lowest BCUT2D eigenvalue weighted by molar-refractivity contribution is -0.113. The largest absolute Gasteiger partial charge is 0.356 e. The molecule has 1 fully saturated rings. The molecule has 5 nitrogen and oxygen atoms in total. The van der Waals surface area contributed by atoms with Crippen LogP contribution in [0.25, 0.3) is 0 Å². The average molecular weight is 204 g/mol. The monoisotopic (exact) mass is 204 g/mol. The quantitative estimate of drug-likeness (QED) is 0.531. The lowest BCUT2D eigenvalue weighted by atomic mass is 10.4. The predicted molar refractivity (Wildman–Crippen MR) is 53.5 cm³/mol. The molecule has 14 heavy (non-hydrogen) atoms. The first kappa shape index (κ1) is 13.4. The lowest BCUT2D eigenvalue weighted by Gasteiger charge is -2.10. The van der Waals surface area contributed by atoms with Gasteiger partial charge in [-0.3, -0.25) is 10.2 Å². The highest BCUT2D eigenvalue weighted by Crippen LogP contribution is 2.01. The van der Waals surface area contributed by atoms with E-state index >= 15 is 0 Å². The summed E-state index contributed by atoms with van der Waals surface area (Å²) in [6.45, 7) is 3.86. The van der Waals surface area contributed by atoms with E-state index in [4.69, 9.17) is 0 Å². The molecule has 1 saturated heterocycles. The van der Waals surface area contributed by atoms with Crippen LogP contribution in [0.3, 0.4) is 0 Å². The van der Waals surface area contributed by atoms with Gasteiger partial charge < -0.3 is 9.47 Å². The number of hydrogen-bond acceptors (Lipinski definition) is 4. The lowest BCUT2D eigenvalue weighted by Crippen LogP contribution is -2.33. The van der Waals surface area contributed by atoms with Gasteiger partial charge in [-0.25, -0.2) is 5.01 Å². The maximum Gasteiger partial charge on any atom is 0.221 e. The summed E-state index contributed by atoms with van der Waals surface area (Å²) in [6, 6.07) is 0. The van der Waals surface area contributed by atoms with Gasteiger partial charge >= 0.3 is 0 Å². The highest BCUT2D eigenvalue weighted by Gasteiger charge is 2.08. The van der Waals surface area contributed by atoms with E-state index in [1.54, 1.807) is 14.2 Å². The van der Waals surface area contributed by atoms with Crippen LogP contribution in [0.2, 0.25) is 0 Å². The van der Waals surface area contributed by atoms with E-state index in [1.807, 2.05) is 11.9 Å². The van der Waals surface area contributed by atoms with E-state index in [1.165, 1.54) is 12.8 Å². The molecule has 0 aromatic carbocycles. The number of ether oxygens (including phenoxy) is 2. The number of amides is 1. The Bertz CT molecular complexity index is 134. The molecule has 1 aliphatic rings. The van der Waals surface area contributed by atoms with Crippen LogP contribution >= 0.6 is 0 Å². The Labute approximate surface area is 85.3 Å². The fourth-order valence-electron chi connectivity index (χ4n) is 1.02. The van der Waals surface area contributed by atoms with E-state index < -0.39 is 0 Å². The number of nitrogens with zero attached hydrogens (tertiary/aromatic N) is 1. The highest BCUT2D eigenvalue weighted by molar-refractivity contribution is 5.44. The van der Waals surface area contributed by atoms with E-state index in [0.717, 1.165) is 19.5 Å². The molecule has 0 aromatic rings. The summed E-state index contributed by atoms with van der Waals surface area (Å²) in [4.78, 5) is 9.81. The summed E-state index contributed by atoms with van der Waals surface area (Å²) in [6.07, 6.45) is 3.08. The third kappa shape index (κ3) is 6.82. The smallest absolute Gasteiger partial charge is 0.221 e. The summed E-state index contributed by atoms with van der Waals surface area (Å²) >= 11 is 0. The van der Waals surface area contributed by atoms with Crippen LogP contribution in [0.1, 0.15) is 19.8 Å². The molecule has 0 spiro atoms. The van der Waals surface area contributed by atoms with Crippen molar-refractivity contribution in [2.45, 2.75) is 26.1 Å². The van der Waals surface area contributed by atoms with Gasteiger partial charge in [0.05, 0.1) is 0 Å². The second-order valence-corrected chi connectivity index (χ2v) is 2.98. The maximum absolute atomic E-state index is 9.81. The van der Waals surface area contributed by atoms with E-state index in [2.05, 4.69) is 14.9 Å². The second kappa shape index (κ2) is 8.93. The van der Waals surface area contributed by atoms with E-state index in [-0.39, 0.29) is 6.29 Å². The van der Waals surface area contributed by atoms with Crippen LogP contribution in [0, 0.1) is 0 Å². The number of nitrogens with one attached hydrogen (secondary N) is 1. The number of rotatable bonds is 4. The molecule has 0 bridgehead atoms. The molecule has 0 aromatic heterocycles. The van der Waals surface area contributed by atoms with Crippen molar-refractivity contribution >= 4 is 6.41 Å². The zero-order valence-electron chi connectivity index (χ0n) is 9.16. The fourth-order valence-corrected chi connectivity index (χ4v) is 1.02. The molecule has 1 rings (SSSR count). The van der Waals surface area contributed by atoms with Crippen molar-refractivity contribution in [3.05, 3.63) is 0 Å². The van der Waals surface area contributed by atoms with Gasteiger partial charge in [0.25, 0.3) is 0 Å². The van der Waals surface area contributed by atoms with Gasteiger partial charge in [0.1, 0.15) is 0 Å². The Morgan fingerprint density at radius 1 is 1.29 bits per heavy atom. The third-order valence-corrected chi connectivity index (χ3v) is 2.01. The molecule has 0 atom stereocenters. The number of carbonyl (C=O) groups is 1. The minimum Gasteiger partial charge on any atom is -0.356 e. The molecule has 0 unspecified atom stereocenters. The molecule has 1 heterocycles. The van der Waals surface area contributed by atoms with Crippen molar-refractivity contribution in [3.8, 4) is 0 Å². The normalized spacial score (nSPS) is 16.3. The van der Waals surface area contributed by atoms with Gasteiger partial charge in [-0.05, 0) is 19.8 Å². The Kier molecular flexibility index (Phi) is 8.51. The summed E-state index contributed by atoms with van der Waals surface area (Å²) in [5, 5.41) is 1.92. The molecule has 0 radical (unpaired) electrons. The SMILES string of the molecule is COC(C)OC.O=CNN1CCCC1. The number of hydrogen-bond donors (Lipinski definition) is 1. The van der Waals surface area contributed by atoms with Crippen molar-refractivity contribution in [2.75, 3.05) is 27.3 Å². The molecule has 84 valence electrons. The molecule has 0 saturated carbocycles. The van der Waals surface area contributed by atoms with Crippen LogP contribution < -0.4 is 5.43 Å². The molecular formula is C9H20N2O3. The number of carbonyl (C=O) groups excluding carboxylic acids is 1. The van der Waals surface area contributed by atoms with Crippen molar-refractivity contribution in [3.63, 3.8) is 0 Å². The van der Waals surface area contributed by atoms with Gasteiger partial charge in [0, 0.05) is 27.3 Å². The first-order chi connectivity index (χ1) is 6.74. The first-order valence-electron chi connectivity index (χ1n) is 4.75. The minimum atomic E-state index is -0.0648. The maximum atomic E-state index is 9.81. The Hall–Kier alpha value is -0.650. The van der Waals surface area contributed by atoms with Gasteiger partial charge in [0.2, 0.25) is 6.41 Å². The zero-order chi connectivity index (χ0) is 10.8. The van der Waals surface area contributed by atoms with Crippen LogP contribution in [-0.2, 0) is 14.3 Å². The van der Waals surface area contributed by atoms with E-state index in [9.17, 15) is 4.79 Å². The van der Waals surface area contributed by atoms with E-state index in [0.29, 0.717) is 0 Å². The first-order valence-corrected chi connectivity index (χ1v) is 4.75. The summed E-state index contributed by atoms with van der Waals surface area (Å²) in [5.41, 5.74) is 2.60. The van der Waals surface area contributed by atoms with Crippen molar-refractivity contribution in [1.29, 1.82) is 0 Å². The van der Waals surface area contributed by atoms with Gasteiger partial charge in [-0.15, -0.1) is 0 Å². The molecule has 0 aliphatic carbocycles. The third-order valence-electron chi connectivity index (χ3n) is 2.01. The van der Waals surface area contributed by atoms with Crippen LogP contribution in [0.4, 0.5) is 0 Å². The molecular weight excluding hydrogens is 184 g/mol. The Morgan fingerprint density at radius 2 is 1.79 bits per heavy atom. The summed E-state index contributed by atoms with van der Waals surface area (Å²) in [5.74, 6) is 0. The van der Waals surface area contributed by atoms with Crippen LogP contribution in [0.5, 0.6) is 0 Å². The topological polar surface area (TPSA) is 50.8 Å². The highest BCUT2D eigenvalue weighted by atomic mass is 16.7. The van der Waals surface area contributed by atoms with Crippen molar-refractivity contribution in [2.24, 2.45) is 0 Å². The molecule has 1 aliphatic heterocycles. The Morgan fingerprint density at radius 3 is 2.07 bits per heavy atom. The van der Waals surface area contributed by atoms with Crippen molar-refractivity contribution in [1.82, 2.24) is 10.4 Å². The summed E-state index contributed by atoms with van der Waals surface area (Å²) in [7, 11) is 3.21. The molecule has 1 N–H and O–H groups in total. The van der Waals surface area contributed by atoms with Crippen molar-refractivity contribution < 1.29 is 14.3 Å². The van der Waals surface area contributed by atoms with Crippen LogP contribution in [-0.4, -0.2) is 45.0 Å². The van der Waals surface area contributed by atoms with Gasteiger partial charge in [0.15, 0.2) is 6.29 Å². The molecule has 1 amide bonds. The zero-order valence-corrected chi connectivity index (χ0v) is 9.16. The standard InChI is InChI=1S/C5H10N2O.C4H10O2/c8-5-6-7-3-1-2-4-7;1-4(5-2)6-3/h5H,1-4H2,(H,6,8);4H,1-3H3. The number of hydrazine groups is 1. The summed E-state index contributed by atoms with van der Waals surface area (Å²) < 4.78 is 9.35. The fraction of sp³-hybridized carbons (Fsp3) is 0.889. The number of methoxy groups -OCH3 is 2. The van der Waals surface area contributed by atoms with Gasteiger partial charge in [-0.1, -0.05) is 0 Å². The minimum absolute atomic E-state index is 0.0648. The predicted octanol–water partition coefficient (Wildman–Crippen LogP) is 0.368. The second-order valence-electron chi connectivity index (χ2n) is 2.98. The van der Waals surface area contributed by atoms with Crippen LogP contribution in [0.15, 0.2) is 0 Å². The van der Waals surface area contributed by atoms with Gasteiger partial charge in [-0.2, -0.15) is 0 Å².